The van der Waals surface area contributed by atoms with Crippen molar-refractivity contribution in [2.75, 3.05) is 11.1 Å². The summed E-state index contributed by atoms with van der Waals surface area (Å²) in [7, 11) is 0. The van der Waals surface area contributed by atoms with Gasteiger partial charge in [-0.15, -0.1) is 0 Å². The van der Waals surface area contributed by atoms with Gasteiger partial charge in [0, 0.05) is 4.90 Å². The monoisotopic (exact) mass is 328 g/mol. The molecule has 0 fully saturated rings. The molecule has 2 aromatic carbocycles. The fourth-order valence-corrected chi connectivity index (χ4v) is 2.46. The molecule has 0 aliphatic rings. The Morgan fingerprint density at radius 3 is 2.62 bits per heavy atom. The summed E-state index contributed by atoms with van der Waals surface area (Å²) in [6.07, 6.45) is 0. The second kappa shape index (κ2) is 6.78. The van der Waals surface area contributed by atoms with E-state index < -0.39 is 11.7 Å². The molecule has 0 unspecified atom stereocenters. The molecule has 0 bridgehead atoms. The van der Waals surface area contributed by atoms with Crippen molar-refractivity contribution in [1.82, 2.24) is 0 Å². The molecule has 0 saturated heterocycles. The molecular formula is C14H11ClF2N2OS. The van der Waals surface area contributed by atoms with E-state index in [2.05, 4.69) is 5.32 Å². The van der Waals surface area contributed by atoms with Gasteiger partial charge >= 0.3 is 0 Å². The molecule has 21 heavy (non-hydrogen) atoms. The summed E-state index contributed by atoms with van der Waals surface area (Å²) in [5.41, 5.74) is 6.38. The summed E-state index contributed by atoms with van der Waals surface area (Å²) in [5.74, 6) is -3.07. The Labute approximate surface area is 129 Å². The van der Waals surface area contributed by atoms with Crippen molar-refractivity contribution in [1.29, 1.82) is 0 Å². The van der Waals surface area contributed by atoms with E-state index in [1.807, 2.05) is 0 Å². The van der Waals surface area contributed by atoms with E-state index in [1.165, 1.54) is 12.1 Å². The Morgan fingerprint density at radius 2 is 1.90 bits per heavy atom. The molecule has 1 amide bonds. The number of anilines is 2. The zero-order chi connectivity index (χ0) is 15.4. The predicted molar refractivity (Wildman–Crippen MR) is 82.1 cm³/mol. The van der Waals surface area contributed by atoms with Gasteiger partial charge < -0.3 is 11.1 Å². The van der Waals surface area contributed by atoms with Gasteiger partial charge in [0.15, 0.2) is 0 Å². The molecule has 0 heterocycles. The van der Waals surface area contributed by atoms with Gasteiger partial charge in [0.25, 0.3) is 11.7 Å². The molecule has 0 aliphatic carbocycles. The van der Waals surface area contributed by atoms with Crippen molar-refractivity contribution in [3.8, 4) is 0 Å². The molecule has 0 atom stereocenters. The lowest BCUT2D eigenvalue weighted by atomic mass is 10.1. The van der Waals surface area contributed by atoms with E-state index in [1.54, 1.807) is 30.3 Å². The maximum absolute atomic E-state index is 12.5. The largest absolute Gasteiger partial charge is 0.397 e. The molecule has 7 heteroatoms. The number of nitrogen functional groups attached to an aromatic ring is 1. The third-order valence-corrected chi connectivity index (χ3v) is 3.77. The SMILES string of the molecule is Nc1c(Cl)cccc1C(=O)Nc1ccccc1SC(F)F. The van der Waals surface area contributed by atoms with E-state index in [4.69, 9.17) is 17.3 Å². The summed E-state index contributed by atoms with van der Waals surface area (Å²) in [6.45, 7) is 0. The van der Waals surface area contributed by atoms with Gasteiger partial charge in [-0.05, 0) is 24.3 Å². The Hall–Kier alpha value is -1.79. The van der Waals surface area contributed by atoms with Crippen LogP contribution in [0.3, 0.4) is 0 Å². The summed E-state index contributed by atoms with van der Waals surface area (Å²) in [5, 5.41) is 2.83. The number of benzene rings is 2. The number of alkyl halides is 2. The van der Waals surface area contributed by atoms with E-state index >= 15 is 0 Å². The molecule has 0 aliphatic heterocycles. The molecule has 3 N–H and O–H groups in total. The highest BCUT2D eigenvalue weighted by Crippen LogP contribution is 2.32. The molecule has 0 radical (unpaired) electrons. The Morgan fingerprint density at radius 1 is 1.19 bits per heavy atom. The van der Waals surface area contributed by atoms with Gasteiger partial charge in [-0.3, -0.25) is 4.79 Å². The topological polar surface area (TPSA) is 55.1 Å². The minimum Gasteiger partial charge on any atom is -0.397 e. The highest BCUT2D eigenvalue weighted by molar-refractivity contribution is 7.99. The number of amides is 1. The van der Waals surface area contributed by atoms with Crippen LogP contribution < -0.4 is 11.1 Å². The second-order valence-electron chi connectivity index (χ2n) is 4.03. The Kier molecular flexibility index (Phi) is 5.03. The van der Waals surface area contributed by atoms with Crippen LogP contribution in [0.4, 0.5) is 20.2 Å². The quantitative estimate of drug-likeness (QED) is 0.642. The third-order valence-electron chi connectivity index (χ3n) is 2.65. The predicted octanol–water partition coefficient (Wildman–Crippen LogP) is 4.49. The number of nitrogens with one attached hydrogen (secondary N) is 1. The minimum atomic E-state index is -2.57. The number of carbonyl (C=O) groups excluding carboxylic acids is 1. The lowest BCUT2D eigenvalue weighted by Crippen LogP contribution is -2.14. The van der Waals surface area contributed by atoms with E-state index in [9.17, 15) is 13.6 Å². The maximum Gasteiger partial charge on any atom is 0.288 e. The first-order chi connectivity index (χ1) is 9.99. The molecule has 2 aromatic rings. The Balaban J connectivity index is 2.26. The molecule has 3 nitrogen and oxygen atoms in total. The Bertz CT molecular complexity index is 667. The number of nitrogens with two attached hydrogens (primary N) is 1. The smallest absolute Gasteiger partial charge is 0.288 e. The zero-order valence-corrected chi connectivity index (χ0v) is 12.2. The van der Waals surface area contributed by atoms with Crippen molar-refractivity contribution in [3.63, 3.8) is 0 Å². The zero-order valence-electron chi connectivity index (χ0n) is 10.6. The number of halogens is 3. The van der Waals surface area contributed by atoms with Crippen molar-refractivity contribution >= 4 is 40.6 Å². The number of carbonyl (C=O) groups is 1. The minimum absolute atomic E-state index is 0.149. The van der Waals surface area contributed by atoms with Crippen molar-refractivity contribution in [3.05, 3.63) is 53.1 Å². The number of rotatable bonds is 4. The first kappa shape index (κ1) is 15.6. The van der Waals surface area contributed by atoms with Crippen LogP contribution in [0.2, 0.25) is 5.02 Å². The van der Waals surface area contributed by atoms with Gasteiger partial charge in [-0.1, -0.05) is 41.6 Å². The summed E-state index contributed by atoms with van der Waals surface area (Å²) in [6, 6.07) is 11.0. The molecule has 2 rings (SSSR count). The van der Waals surface area contributed by atoms with Crippen LogP contribution >= 0.6 is 23.4 Å². The van der Waals surface area contributed by atoms with Crippen LogP contribution in [-0.4, -0.2) is 11.7 Å². The van der Waals surface area contributed by atoms with Crippen LogP contribution in [0.5, 0.6) is 0 Å². The number of hydrogen-bond acceptors (Lipinski definition) is 3. The highest BCUT2D eigenvalue weighted by Gasteiger charge is 2.15. The van der Waals surface area contributed by atoms with Crippen LogP contribution in [0, 0.1) is 0 Å². The van der Waals surface area contributed by atoms with Gasteiger partial charge in [0.1, 0.15) is 0 Å². The average Bonchev–Trinajstić information content (AvgIpc) is 2.43. The standard InChI is InChI=1S/C14H11ClF2N2OS/c15-9-5-3-4-8(12(9)18)13(20)19-10-6-1-2-7-11(10)21-14(16)17/h1-7,14H,18H2,(H,19,20). The molecule has 110 valence electrons. The second-order valence-corrected chi connectivity index (χ2v) is 5.47. The summed E-state index contributed by atoms with van der Waals surface area (Å²) in [4.78, 5) is 12.5. The lowest BCUT2D eigenvalue weighted by molar-refractivity contribution is 0.102. The fraction of sp³-hybridized carbons (Fsp3) is 0.0714. The van der Waals surface area contributed by atoms with Gasteiger partial charge in [0.05, 0.1) is 22.0 Å². The maximum atomic E-state index is 12.5. The van der Waals surface area contributed by atoms with E-state index in [0.717, 1.165) is 0 Å². The number of para-hydroxylation sites is 2. The van der Waals surface area contributed by atoms with E-state index in [0.29, 0.717) is 17.4 Å². The third kappa shape index (κ3) is 3.86. The number of hydrogen-bond donors (Lipinski definition) is 2. The first-order valence-corrected chi connectivity index (χ1v) is 7.14. The van der Waals surface area contributed by atoms with Crippen LogP contribution in [-0.2, 0) is 0 Å². The van der Waals surface area contributed by atoms with Gasteiger partial charge in [0.2, 0.25) is 0 Å². The van der Waals surface area contributed by atoms with Crippen LogP contribution in [0.15, 0.2) is 47.4 Å². The van der Waals surface area contributed by atoms with Crippen LogP contribution in [0.1, 0.15) is 10.4 Å². The van der Waals surface area contributed by atoms with Gasteiger partial charge in [-0.25, -0.2) is 0 Å². The summed E-state index contributed by atoms with van der Waals surface area (Å²) >= 11 is 6.22. The lowest BCUT2D eigenvalue weighted by Gasteiger charge is -2.11. The van der Waals surface area contributed by atoms with Crippen LogP contribution in [0.25, 0.3) is 0 Å². The average molecular weight is 329 g/mol. The highest BCUT2D eigenvalue weighted by atomic mass is 35.5. The van der Waals surface area contributed by atoms with E-state index in [-0.39, 0.29) is 21.2 Å². The molecular weight excluding hydrogens is 318 g/mol. The van der Waals surface area contributed by atoms with Gasteiger partial charge in [-0.2, -0.15) is 8.78 Å². The van der Waals surface area contributed by atoms with Crippen molar-refractivity contribution in [2.45, 2.75) is 10.7 Å². The molecule has 0 saturated carbocycles. The summed E-state index contributed by atoms with van der Waals surface area (Å²) < 4.78 is 25.0. The van der Waals surface area contributed by atoms with Crippen molar-refractivity contribution in [2.24, 2.45) is 0 Å². The number of thioether (sulfide) groups is 1. The fourth-order valence-electron chi connectivity index (χ4n) is 1.69. The molecule has 0 spiro atoms. The van der Waals surface area contributed by atoms with Crippen molar-refractivity contribution < 1.29 is 13.6 Å². The normalized spacial score (nSPS) is 10.7. The molecule has 0 aromatic heterocycles. The first-order valence-electron chi connectivity index (χ1n) is 5.88.